The second-order valence-electron chi connectivity index (χ2n) is 7.63. The quantitative estimate of drug-likeness (QED) is 0.810. The van der Waals surface area contributed by atoms with E-state index in [1.165, 1.54) is 5.56 Å². The Bertz CT molecular complexity index is 865. The maximum atomic E-state index is 12.4. The van der Waals surface area contributed by atoms with Crippen molar-refractivity contribution in [3.8, 4) is 11.5 Å². The summed E-state index contributed by atoms with van der Waals surface area (Å²) < 4.78 is 10.9. The third-order valence-electron chi connectivity index (χ3n) is 5.55. The molecule has 1 N–H and O–H groups in total. The van der Waals surface area contributed by atoms with Crippen LogP contribution < -0.4 is 19.7 Å². The van der Waals surface area contributed by atoms with Gasteiger partial charge in [-0.3, -0.25) is 14.7 Å². The molecule has 1 amide bonds. The average Bonchev–Trinajstić information content (AvgIpc) is 3.22. The summed E-state index contributed by atoms with van der Waals surface area (Å²) in [5, 5.41) is 2.98. The molecule has 7 nitrogen and oxygen atoms in total. The van der Waals surface area contributed by atoms with Gasteiger partial charge in [0.1, 0.15) is 5.69 Å². The van der Waals surface area contributed by atoms with Gasteiger partial charge in [-0.25, -0.2) is 0 Å². The number of nitrogens with zero attached hydrogens (tertiary/aromatic N) is 3. The van der Waals surface area contributed by atoms with Gasteiger partial charge in [-0.15, -0.1) is 0 Å². The van der Waals surface area contributed by atoms with Gasteiger partial charge >= 0.3 is 0 Å². The molecule has 1 fully saturated rings. The van der Waals surface area contributed by atoms with E-state index in [9.17, 15) is 4.79 Å². The van der Waals surface area contributed by atoms with Gasteiger partial charge in [0.25, 0.3) is 5.91 Å². The summed E-state index contributed by atoms with van der Waals surface area (Å²) in [5.74, 6) is 1.55. The molecule has 4 rings (SSSR count). The van der Waals surface area contributed by atoms with Gasteiger partial charge < -0.3 is 19.7 Å². The first-order valence-electron chi connectivity index (χ1n) is 10.2. The van der Waals surface area contributed by atoms with Crippen LogP contribution in [0.1, 0.15) is 36.3 Å². The summed E-state index contributed by atoms with van der Waals surface area (Å²) in [4.78, 5) is 21.4. The standard InChI is InChI=1S/C22H28N4O3/c1-3-16(2)24-22(27)19-13-18(6-7-23-19)26-10-8-25(9-11-26)14-17-4-5-20-21(12-17)29-15-28-20/h4-7,12-13,16H,3,8-11,14-15H2,1-2H3,(H,24,27). The van der Waals surface area contributed by atoms with Crippen LogP contribution in [-0.2, 0) is 6.54 Å². The van der Waals surface area contributed by atoms with Crippen LogP contribution in [0.2, 0.25) is 0 Å². The molecule has 0 spiro atoms. The van der Waals surface area contributed by atoms with Gasteiger partial charge in [-0.05, 0) is 43.2 Å². The highest BCUT2D eigenvalue weighted by molar-refractivity contribution is 5.93. The van der Waals surface area contributed by atoms with Gasteiger partial charge in [-0.1, -0.05) is 13.0 Å². The molecule has 29 heavy (non-hydrogen) atoms. The van der Waals surface area contributed by atoms with E-state index in [-0.39, 0.29) is 11.9 Å². The Labute approximate surface area is 171 Å². The van der Waals surface area contributed by atoms with E-state index in [1.54, 1.807) is 6.20 Å². The molecule has 0 radical (unpaired) electrons. The third kappa shape index (κ3) is 4.62. The van der Waals surface area contributed by atoms with Crippen LogP contribution in [0.5, 0.6) is 11.5 Å². The molecule has 7 heteroatoms. The predicted octanol–water partition coefficient (Wildman–Crippen LogP) is 2.66. The van der Waals surface area contributed by atoms with E-state index in [0.717, 1.165) is 56.3 Å². The summed E-state index contributed by atoms with van der Waals surface area (Å²) in [5.41, 5.74) is 2.76. The molecule has 154 valence electrons. The predicted molar refractivity (Wildman–Crippen MR) is 112 cm³/mol. The molecule has 1 atom stereocenters. The zero-order chi connectivity index (χ0) is 20.2. The van der Waals surface area contributed by atoms with Crippen LogP contribution in [0.25, 0.3) is 0 Å². The lowest BCUT2D eigenvalue weighted by molar-refractivity contribution is 0.0934. The van der Waals surface area contributed by atoms with Crippen molar-refractivity contribution in [2.45, 2.75) is 32.9 Å². The number of piperazine rings is 1. The molecule has 1 unspecified atom stereocenters. The molecule has 2 aliphatic rings. The molecule has 1 saturated heterocycles. The summed E-state index contributed by atoms with van der Waals surface area (Å²) in [6.07, 6.45) is 2.62. The number of aromatic nitrogens is 1. The fourth-order valence-electron chi connectivity index (χ4n) is 3.60. The largest absolute Gasteiger partial charge is 0.454 e. The van der Waals surface area contributed by atoms with Crippen LogP contribution in [0.3, 0.4) is 0 Å². The van der Waals surface area contributed by atoms with Crippen molar-refractivity contribution in [2.24, 2.45) is 0 Å². The van der Waals surface area contributed by atoms with Crippen molar-refractivity contribution in [3.63, 3.8) is 0 Å². The molecule has 0 saturated carbocycles. The number of pyridine rings is 1. The van der Waals surface area contributed by atoms with Gasteiger partial charge in [-0.2, -0.15) is 0 Å². The Morgan fingerprint density at radius 2 is 1.93 bits per heavy atom. The van der Waals surface area contributed by atoms with E-state index >= 15 is 0 Å². The van der Waals surface area contributed by atoms with Gasteiger partial charge in [0.15, 0.2) is 11.5 Å². The van der Waals surface area contributed by atoms with Crippen molar-refractivity contribution in [2.75, 3.05) is 37.9 Å². The molecule has 1 aromatic carbocycles. The number of fused-ring (bicyclic) bond motifs is 1. The van der Waals surface area contributed by atoms with Crippen molar-refractivity contribution in [3.05, 3.63) is 47.8 Å². The lowest BCUT2D eigenvalue weighted by Crippen LogP contribution is -2.46. The highest BCUT2D eigenvalue weighted by atomic mass is 16.7. The molecule has 1 aromatic heterocycles. The number of benzene rings is 1. The van der Waals surface area contributed by atoms with Gasteiger partial charge in [0.05, 0.1) is 0 Å². The first-order valence-corrected chi connectivity index (χ1v) is 10.2. The molecule has 0 bridgehead atoms. The van der Waals surface area contributed by atoms with Crippen molar-refractivity contribution in [1.29, 1.82) is 0 Å². The maximum Gasteiger partial charge on any atom is 0.270 e. The molecular weight excluding hydrogens is 368 g/mol. The number of anilines is 1. The van der Waals surface area contributed by atoms with Crippen LogP contribution in [-0.4, -0.2) is 54.8 Å². The second-order valence-corrected chi connectivity index (χ2v) is 7.63. The van der Waals surface area contributed by atoms with E-state index < -0.39 is 0 Å². The lowest BCUT2D eigenvalue weighted by atomic mass is 10.1. The monoisotopic (exact) mass is 396 g/mol. The number of hydrogen-bond acceptors (Lipinski definition) is 6. The smallest absolute Gasteiger partial charge is 0.270 e. The molecular formula is C22H28N4O3. The van der Waals surface area contributed by atoms with Crippen molar-refractivity contribution in [1.82, 2.24) is 15.2 Å². The summed E-state index contributed by atoms with van der Waals surface area (Å²) in [6, 6.07) is 10.2. The minimum atomic E-state index is -0.109. The third-order valence-corrected chi connectivity index (χ3v) is 5.55. The second kappa shape index (κ2) is 8.69. The molecule has 3 heterocycles. The van der Waals surface area contributed by atoms with Crippen LogP contribution in [0.4, 0.5) is 5.69 Å². The van der Waals surface area contributed by atoms with E-state index in [0.29, 0.717) is 12.5 Å². The van der Waals surface area contributed by atoms with Crippen molar-refractivity contribution >= 4 is 11.6 Å². The van der Waals surface area contributed by atoms with Crippen LogP contribution in [0.15, 0.2) is 36.5 Å². The average molecular weight is 396 g/mol. The Balaban J connectivity index is 1.33. The number of amides is 1. The highest BCUT2D eigenvalue weighted by Crippen LogP contribution is 2.33. The van der Waals surface area contributed by atoms with E-state index in [2.05, 4.69) is 39.2 Å². The van der Waals surface area contributed by atoms with Gasteiger partial charge in [0.2, 0.25) is 6.79 Å². The summed E-state index contributed by atoms with van der Waals surface area (Å²) in [7, 11) is 0. The normalized spacial score (nSPS) is 17.2. The highest BCUT2D eigenvalue weighted by Gasteiger charge is 2.20. The van der Waals surface area contributed by atoms with Crippen LogP contribution >= 0.6 is 0 Å². The zero-order valence-electron chi connectivity index (χ0n) is 17.1. The minimum absolute atomic E-state index is 0.109. The lowest BCUT2D eigenvalue weighted by Gasteiger charge is -2.36. The number of rotatable bonds is 6. The van der Waals surface area contributed by atoms with Crippen molar-refractivity contribution < 1.29 is 14.3 Å². The molecule has 2 aliphatic heterocycles. The fourth-order valence-corrected chi connectivity index (χ4v) is 3.60. The van der Waals surface area contributed by atoms with E-state index in [1.807, 2.05) is 25.1 Å². The number of carbonyl (C=O) groups excluding carboxylic acids is 1. The number of carbonyl (C=O) groups is 1. The van der Waals surface area contributed by atoms with Gasteiger partial charge in [0, 0.05) is 50.6 Å². The Kier molecular flexibility index (Phi) is 5.85. The summed E-state index contributed by atoms with van der Waals surface area (Å²) >= 11 is 0. The maximum absolute atomic E-state index is 12.4. The topological polar surface area (TPSA) is 66.9 Å². The fraction of sp³-hybridized carbons (Fsp3) is 0.455. The Hall–Kier alpha value is -2.80. The first kappa shape index (κ1) is 19.5. The zero-order valence-corrected chi connectivity index (χ0v) is 17.1. The summed E-state index contributed by atoms with van der Waals surface area (Å²) in [6.45, 7) is 9.02. The number of ether oxygens (including phenoxy) is 2. The molecule has 0 aliphatic carbocycles. The first-order chi connectivity index (χ1) is 14.1. The minimum Gasteiger partial charge on any atom is -0.454 e. The SMILES string of the molecule is CCC(C)NC(=O)c1cc(N2CCN(Cc3ccc4c(c3)OCO4)CC2)ccn1. The van der Waals surface area contributed by atoms with E-state index in [4.69, 9.17) is 9.47 Å². The number of nitrogens with one attached hydrogen (secondary N) is 1. The Morgan fingerprint density at radius 1 is 1.14 bits per heavy atom. The number of hydrogen-bond donors (Lipinski definition) is 1. The molecule has 2 aromatic rings. The Morgan fingerprint density at radius 3 is 2.72 bits per heavy atom. The van der Waals surface area contributed by atoms with Crippen LogP contribution in [0, 0.1) is 0 Å².